The SMILES string of the molecule is Cc1cc(OC(F)F)ccc1NC(=O)c1nn(C)c(C)c1Br. The number of rotatable bonds is 4. The maximum absolute atomic E-state index is 12.2. The first-order chi connectivity index (χ1) is 10.3. The molecule has 0 fully saturated rings. The molecule has 1 heterocycles. The number of anilines is 1. The van der Waals surface area contributed by atoms with Crippen molar-refractivity contribution in [3.63, 3.8) is 0 Å². The van der Waals surface area contributed by atoms with E-state index in [9.17, 15) is 13.6 Å². The van der Waals surface area contributed by atoms with E-state index in [-0.39, 0.29) is 17.4 Å². The van der Waals surface area contributed by atoms with Gasteiger partial charge in [0.2, 0.25) is 0 Å². The van der Waals surface area contributed by atoms with Gasteiger partial charge >= 0.3 is 6.61 Å². The number of hydrogen-bond acceptors (Lipinski definition) is 3. The Labute approximate surface area is 134 Å². The van der Waals surface area contributed by atoms with Gasteiger partial charge in [-0.15, -0.1) is 0 Å². The van der Waals surface area contributed by atoms with Crippen molar-refractivity contribution in [2.24, 2.45) is 7.05 Å². The zero-order valence-electron chi connectivity index (χ0n) is 12.2. The summed E-state index contributed by atoms with van der Waals surface area (Å²) in [6.45, 7) is 0.634. The van der Waals surface area contributed by atoms with Crippen molar-refractivity contribution in [2.45, 2.75) is 20.5 Å². The monoisotopic (exact) mass is 373 g/mol. The van der Waals surface area contributed by atoms with E-state index in [0.29, 0.717) is 15.7 Å². The van der Waals surface area contributed by atoms with E-state index < -0.39 is 6.61 Å². The van der Waals surface area contributed by atoms with E-state index >= 15 is 0 Å². The van der Waals surface area contributed by atoms with E-state index in [1.54, 1.807) is 18.7 Å². The first-order valence-electron chi connectivity index (χ1n) is 6.35. The summed E-state index contributed by atoms with van der Waals surface area (Å²) in [4.78, 5) is 12.2. The Hall–Kier alpha value is -1.96. The molecule has 1 N–H and O–H groups in total. The molecule has 0 atom stereocenters. The number of benzene rings is 1. The highest BCUT2D eigenvalue weighted by Gasteiger charge is 2.18. The lowest BCUT2D eigenvalue weighted by atomic mass is 10.2. The zero-order chi connectivity index (χ0) is 16.4. The molecular formula is C14H14BrF2N3O2. The normalized spacial score (nSPS) is 10.9. The summed E-state index contributed by atoms with van der Waals surface area (Å²) in [5.41, 5.74) is 2.19. The standard InChI is InChI=1S/C14H14BrF2N3O2/c1-7-6-9(22-14(16)17)4-5-10(7)18-13(21)12-11(15)8(2)20(3)19-12/h4-6,14H,1-3H3,(H,18,21). The summed E-state index contributed by atoms with van der Waals surface area (Å²) in [7, 11) is 1.73. The molecule has 2 aromatic rings. The molecule has 0 aliphatic heterocycles. The molecule has 8 heteroatoms. The van der Waals surface area contributed by atoms with Crippen molar-refractivity contribution in [1.82, 2.24) is 9.78 Å². The number of ether oxygens (including phenoxy) is 1. The fourth-order valence-corrected chi connectivity index (χ4v) is 2.38. The van der Waals surface area contributed by atoms with Gasteiger partial charge in [-0.1, -0.05) is 0 Å². The second kappa shape index (κ2) is 6.43. The van der Waals surface area contributed by atoms with Gasteiger partial charge in [0, 0.05) is 12.7 Å². The number of nitrogens with one attached hydrogen (secondary N) is 1. The second-order valence-electron chi connectivity index (χ2n) is 4.68. The van der Waals surface area contributed by atoms with E-state index in [2.05, 4.69) is 31.1 Å². The van der Waals surface area contributed by atoms with Gasteiger partial charge < -0.3 is 10.1 Å². The second-order valence-corrected chi connectivity index (χ2v) is 5.47. The fourth-order valence-electron chi connectivity index (χ4n) is 1.86. The van der Waals surface area contributed by atoms with Crippen molar-refractivity contribution < 1.29 is 18.3 Å². The quantitative estimate of drug-likeness (QED) is 0.889. The molecule has 1 aromatic heterocycles. The smallest absolute Gasteiger partial charge is 0.387 e. The van der Waals surface area contributed by atoms with Gasteiger partial charge in [-0.3, -0.25) is 9.48 Å². The summed E-state index contributed by atoms with van der Waals surface area (Å²) in [6.07, 6.45) is 0. The van der Waals surface area contributed by atoms with E-state index in [1.165, 1.54) is 18.2 Å². The van der Waals surface area contributed by atoms with Gasteiger partial charge in [-0.25, -0.2) is 0 Å². The van der Waals surface area contributed by atoms with Crippen LogP contribution in [0.4, 0.5) is 14.5 Å². The largest absolute Gasteiger partial charge is 0.435 e. The molecule has 1 aromatic carbocycles. The van der Waals surface area contributed by atoms with Crippen molar-refractivity contribution in [1.29, 1.82) is 0 Å². The summed E-state index contributed by atoms with van der Waals surface area (Å²) < 4.78 is 30.8. The van der Waals surface area contributed by atoms with Crippen LogP contribution < -0.4 is 10.1 Å². The van der Waals surface area contributed by atoms with Gasteiger partial charge in [0.05, 0.1) is 10.2 Å². The molecule has 2 rings (SSSR count). The number of aromatic nitrogens is 2. The first-order valence-corrected chi connectivity index (χ1v) is 7.14. The molecule has 22 heavy (non-hydrogen) atoms. The Morgan fingerprint density at radius 3 is 2.59 bits per heavy atom. The maximum atomic E-state index is 12.2. The van der Waals surface area contributed by atoms with E-state index in [4.69, 9.17) is 0 Å². The van der Waals surface area contributed by atoms with E-state index in [1.807, 2.05) is 6.92 Å². The molecular weight excluding hydrogens is 360 g/mol. The van der Waals surface area contributed by atoms with Crippen LogP contribution in [0, 0.1) is 13.8 Å². The average Bonchev–Trinajstić information content (AvgIpc) is 2.69. The molecule has 0 unspecified atom stereocenters. The first kappa shape index (κ1) is 16.4. The predicted octanol–water partition coefficient (Wildman–Crippen LogP) is 3.65. The minimum absolute atomic E-state index is 0.0420. The van der Waals surface area contributed by atoms with E-state index in [0.717, 1.165) is 5.69 Å². The Balaban J connectivity index is 2.20. The van der Waals surface area contributed by atoms with Crippen LogP contribution in [0.25, 0.3) is 0 Å². The van der Waals surface area contributed by atoms with Crippen LogP contribution >= 0.6 is 15.9 Å². The van der Waals surface area contributed by atoms with Crippen molar-refractivity contribution in [3.8, 4) is 5.75 Å². The Morgan fingerprint density at radius 2 is 2.09 bits per heavy atom. The molecule has 118 valence electrons. The van der Waals surface area contributed by atoms with Crippen LogP contribution in [-0.2, 0) is 7.05 Å². The Kier molecular flexibility index (Phi) is 4.80. The zero-order valence-corrected chi connectivity index (χ0v) is 13.7. The van der Waals surface area contributed by atoms with Crippen LogP contribution in [-0.4, -0.2) is 22.3 Å². The number of carbonyl (C=O) groups is 1. The topological polar surface area (TPSA) is 56.1 Å². The van der Waals surface area contributed by atoms with Gasteiger partial charge in [-0.05, 0) is 53.5 Å². The van der Waals surface area contributed by atoms with Crippen molar-refractivity contribution in [2.75, 3.05) is 5.32 Å². The highest BCUT2D eigenvalue weighted by atomic mass is 79.9. The summed E-state index contributed by atoms with van der Waals surface area (Å²) in [5.74, 6) is -0.346. The third-order valence-corrected chi connectivity index (χ3v) is 4.10. The predicted molar refractivity (Wildman–Crippen MR) is 81.4 cm³/mol. The number of hydrogen-bond donors (Lipinski definition) is 1. The fraction of sp³-hybridized carbons (Fsp3) is 0.286. The summed E-state index contributed by atoms with van der Waals surface area (Å²) >= 11 is 3.32. The van der Waals surface area contributed by atoms with Crippen LogP contribution in [0.15, 0.2) is 22.7 Å². The van der Waals surface area contributed by atoms with Crippen LogP contribution in [0.5, 0.6) is 5.75 Å². The number of aryl methyl sites for hydroxylation is 2. The summed E-state index contributed by atoms with van der Waals surface area (Å²) in [5, 5.41) is 6.83. The number of alkyl halides is 2. The number of amides is 1. The molecule has 0 bridgehead atoms. The third-order valence-electron chi connectivity index (χ3n) is 3.15. The number of halogens is 3. The van der Waals surface area contributed by atoms with Crippen LogP contribution in [0.1, 0.15) is 21.7 Å². The number of carbonyl (C=O) groups excluding carboxylic acids is 1. The van der Waals surface area contributed by atoms with Crippen molar-refractivity contribution >= 4 is 27.5 Å². The maximum Gasteiger partial charge on any atom is 0.387 e. The molecule has 5 nitrogen and oxygen atoms in total. The lowest BCUT2D eigenvalue weighted by Crippen LogP contribution is -2.14. The van der Waals surface area contributed by atoms with Crippen LogP contribution in [0.2, 0.25) is 0 Å². The molecule has 0 radical (unpaired) electrons. The molecule has 0 aliphatic rings. The molecule has 0 aliphatic carbocycles. The average molecular weight is 374 g/mol. The molecule has 1 amide bonds. The highest BCUT2D eigenvalue weighted by molar-refractivity contribution is 9.10. The Bertz CT molecular complexity index is 716. The minimum atomic E-state index is -2.88. The number of nitrogens with zero attached hydrogens (tertiary/aromatic N) is 2. The third kappa shape index (κ3) is 3.44. The van der Waals surface area contributed by atoms with Crippen LogP contribution in [0.3, 0.4) is 0 Å². The lowest BCUT2D eigenvalue weighted by molar-refractivity contribution is -0.0498. The van der Waals surface area contributed by atoms with Gasteiger partial charge in [0.25, 0.3) is 5.91 Å². The van der Waals surface area contributed by atoms with Gasteiger partial charge in [0.15, 0.2) is 5.69 Å². The Morgan fingerprint density at radius 1 is 1.41 bits per heavy atom. The summed E-state index contributed by atoms with van der Waals surface area (Å²) in [6, 6.07) is 4.31. The van der Waals surface area contributed by atoms with Gasteiger partial charge in [0.1, 0.15) is 5.75 Å². The highest BCUT2D eigenvalue weighted by Crippen LogP contribution is 2.25. The molecule has 0 saturated carbocycles. The molecule has 0 spiro atoms. The molecule has 0 saturated heterocycles. The van der Waals surface area contributed by atoms with Crippen molar-refractivity contribution in [3.05, 3.63) is 39.6 Å². The van der Waals surface area contributed by atoms with Gasteiger partial charge in [-0.2, -0.15) is 13.9 Å². The minimum Gasteiger partial charge on any atom is -0.435 e. The lowest BCUT2D eigenvalue weighted by Gasteiger charge is -2.10.